The molecule has 0 spiro atoms. The van der Waals surface area contributed by atoms with Gasteiger partial charge in [-0.2, -0.15) is 11.8 Å². The molecular weight excluding hydrogens is 721 g/mol. The van der Waals surface area contributed by atoms with E-state index in [0.29, 0.717) is 75.9 Å². The van der Waals surface area contributed by atoms with Crippen molar-refractivity contribution in [2.45, 2.75) is 88.3 Å². The number of pyridine rings is 1. The molecule has 4 unspecified atom stereocenters. The molecule has 0 aliphatic carbocycles. The van der Waals surface area contributed by atoms with Crippen LogP contribution < -0.4 is 26.6 Å². The standard InChI is InChI=1S/C40H55N8O4S2/c1-5-47(6-2)25-31-23-29(24-32(42-31)26-48(7-3)8-4)17-16-28-18-20-30(21-19-28)43-40(53)45-33(38(50)51)13-11-12-22-41-36(49)15-10-9-14-35-37-34(27-54-35)44-39(52)46-37/h18-21,23-24,33-35,37H,1-3,5-15,22,25-27H2,4H3,(H,41,49)(H,50,51)(H2,43,45,53)(H2,44,46,52)/q-3. The molecule has 2 aliphatic rings. The van der Waals surface area contributed by atoms with Crippen molar-refractivity contribution < 1.29 is 19.5 Å². The van der Waals surface area contributed by atoms with Gasteiger partial charge in [-0.05, 0) is 87.3 Å². The second-order valence-corrected chi connectivity index (χ2v) is 15.2. The number of rotatable bonds is 21. The molecule has 294 valence electrons. The summed E-state index contributed by atoms with van der Waals surface area (Å²) in [6, 6.07) is 11.0. The van der Waals surface area contributed by atoms with Gasteiger partial charge in [0.1, 0.15) is 6.04 Å². The van der Waals surface area contributed by atoms with Gasteiger partial charge in [-0.25, -0.2) is 9.59 Å². The van der Waals surface area contributed by atoms with Crippen molar-refractivity contribution in [3.63, 3.8) is 0 Å². The number of anilines is 1. The number of thioether (sulfide) groups is 1. The van der Waals surface area contributed by atoms with Crippen LogP contribution in [0.2, 0.25) is 0 Å². The van der Waals surface area contributed by atoms with E-state index in [9.17, 15) is 19.5 Å². The maximum Gasteiger partial charge on any atom is 0.326 e. The molecule has 14 heteroatoms. The number of unbranched alkanes of at least 4 members (excludes halogenated alkanes) is 2. The summed E-state index contributed by atoms with van der Waals surface area (Å²) in [5.41, 5.74) is 4.27. The van der Waals surface area contributed by atoms with Gasteiger partial charge in [-0.1, -0.05) is 25.2 Å². The van der Waals surface area contributed by atoms with Gasteiger partial charge in [0.15, 0.2) is 5.11 Å². The molecular formula is C40H55N8O4S2-3. The number of aliphatic carboxylic acids is 1. The number of benzene rings is 1. The van der Waals surface area contributed by atoms with Crippen molar-refractivity contribution in [3.8, 4) is 11.8 Å². The first kappa shape index (κ1) is 42.8. The number of hydrogen-bond donors (Lipinski definition) is 6. The average molecular weight is 776 g/mol. The zero-order chi connectivity index (χ0) is 38.9. The van der Waals surface area contributed by atoms with E-state index < -0.39 is 12.0 Å². The van der Waals surface area contributed by atoms with Gasteiger partial charge in [0.05, 0.1) is 23.5 Å². The second kappa shape index (κ2) is 22.5. The first-order valence-corrected chi connectivity index (χ1v) is 20.3. The Balaban J connectivity index is 1.17. The maximum atomic E-state index is 12.3. The number of nitrogens with one attached hydrogen (secondary N) is 5. The highest BCUT2D eigenvalue weighted by Gasteiger charge is 2.42. The molecule has 12 nitrogen and oxygen atoms in total. The van der Waals surface area contributed by atoms with Crippen LogP contribution >= 0.6 is 24.0 Å². The number of thiocarbonyl (C=S) groups is 1. The number of amides is 3. The number of carboxylic acid groups (broad SMARTS) is 1. The van der Waals surface area contributed by atoms with Gasteiger partial charge in [0.2, 0.25) is 5.91 Å². The largest absolute Gasteiger partial charge is 0.480 e. The van der Waals surface area contributed by atoms with Crippen molar-refractivity contribution >= 4 is 52.7 Å². The minimum Gasteiger partial charge on any atom is -0.480 e. The van der Waals surface area contributed by atoms with E-state index in [0.717, 1.165) is 54.1 Å². The molecule has 2 saturated heterocycles. The normalized spacial score (nSPS) is 18.0. The number of fused-ring (bicyclic) bond motifs is 1. The van der Waals surface area contributed by atoms with E-state index in [2.05, 4.69) is 75.9 Å². The van der Waals surface area contributed by atoms with Gasteiger partial charge >= 0.3 is 12.0 Å². The lowest BCUT2D eigenvalue weighted by atomic mass is 10.0. The third-order valence-electron chi connectivity index (χ3n) is 9.52. The Labute approximate surface area is 330 Å². The number of hydrogen-bond acceptors (Lipinski definition) is 8. The van der Waals surface area contributed by atoms with Crippen LogP contribution in [-0.2, 0) is 22.7 Å². The zero-order valence-electron chi connectivity index (χ0n) is 31.3. The molecule has 3 amide bonds. The number of carboxylic acids is 1. The molecule has 0 bridgehead atoms. The summed E-state index contributed by atoms with van der Waals surface area (Å²) >= 11 is 7.31. The molecule has 6 N–H and O–H groups in total. The summed E-state index contributed by atoms with van der Waals surface area (Å²) in [7, 11) is 0. The first-order chi connectivity index (χ1) is 26.1. The summed E-state index contributed by atoms with van der Waals surface area (Å²) < 4.78 is 0. The Morgan fingerprint density at radius 1 is 1.00 bits per heavy atom. The van der Waals surface area contributed by atoms with E-state index in [1.54, 1.807) is 0 Å². The third-order valence-corrected chi connectivity index (χ3v) is 11.2. The van der Waals surface area contributed by atoms with Crippen molar-refractivity contribution in [3.05, 3.63) is 79.7 Å². The van der Waals surface area contributed by atoms with Crippen LogP contribution in [0.3, 0.4) is 0 Å². The molecule has 1 aromatic carbocycles. The highest BCUT2D eigenvalue weighted by molar-refractivity contribution is 8.00. The number of aromatic nitrogens is 1. The molecule has 3 heterocycles. The number of urea groups is 1. The fourth-order valence-electron chi connectivity index (χ4n) is 6.39. The molecule has 4 rings (SSSR count). The van der Waals surface area contributed by atoms with E-state index in [1.807, 2.05) is 48.2 Å². The Morgan fingerprint density at radius 3 is 2.35 bits per heavy atom. The minimum absolute atomic E-state index is 0.00402. The lowest BCUT2D eigenvalue weighted by molar-refractivity contribution is -0.139. The second-order valence-electron chi connectivity index (χ2n) is 13.5. The predicted octanol–water partition coefficient (Wildman–Crippen LogP) is 4.36. The van der Waals surface area contributed by atoms with Crippen molar-refractivity contribution in [2.75, 3.05) is 43.8 Å². The van der Waals surface area contributed by atoms with Crippen molar-refractivity contribution in [1.29, 1.82) is 0 Å². The van der Waals surface area contributed by atoms with Gasteiger partial charge in [0, 0.05) is 53.9 Å². The fraction of sp³-hybridized carbons (Fsp3) is 0.500. The van der Waals surface area contributed by atoms with Crippen molar-refractivity contribution in [1.82, 2.24) is 36.1 Å². The Hall–Kier alpha value is -3.90. The molecule has 54 heavy (non-hydrogen) atoms. The number of carbonyl (C=O) groups excluding carboxylic acids is 2. The molecule has 2 fully saturated rings. The van der Waals surface area contributed by atoms with Crippen LogP contribution in [0.1, 0.15) is 74.4 Å². The predicted molar refractivity (Wildman–Crippen MR) is 221 cm³/mol. The maximum absolute atomic E-state index is 12.3. The van der Waals surface area contributed by atoms with Gasteiger partial charge < -0.3 is 62.3 Å². The number of carbonyl (C=O) groups is 3. The van der Waals surface area contributed by atoms with E-state index in [4.69, 9.17) is 17.2 Å². The SMILES string of the molecule is [CH2-]CN(C[CH2-])Cc1cc(C#Cc2ccc(NC(=S)NC(CCCCNC(=O)CCCCC3SCC4NC(=O)NC43)C(=O)O)cc2)cc(CN(C[CH2-])CC)n1. The Morgan fingerprint density at radius 2 is 1.69 bits per heavy atom. The van der Waals surface area contributed by atoms with Crippen LogP contribution in [0.15, 0.2) is 36.4 Å². The van der Waals surface area contributed by atoms with Crippen LogP contribution in [0, 0.1) is 32.6 Å². The lowest BCUT2D eigenvalue weighted by Crippen LogP contribution is -2.42. The van der Waals surface area contributed by atoms with E-state index in [-0.39, 0.29) is 29.1 Å². The molecule has 4 atom stereocenters. The molecule has 1 aromatic heterocycles. The molecule has 0 saturated carbocycles. The Bertz CT molecular complexity index is 1570. The highest BCUT2D eigenvalue weighted by atomic mass is 32.2. The summed E-state index contributed by atoms with van der Waals surface area (Å²) in [4.78, 5) is 45.0. The monoisotopic (exact) mass is 775 g/mol. The summed E-state index contributed by atoms with van der Waals surface area (Å²) in [6.07, 6.45) is 4.79. The van der Waals surface area contributed by atoms with Crippen LogP contribution in [0.25, 0.3) is 0 Å². The van der Waals surface area contributed by atoms with Gasteiger partial charge in [-0.3, -0.25) is 9.78 Å². The minimum atomic E-state index is -0.991. The van der Waals surface area contributed by atoms with E-state index >= 15 is 0 Å². The van der Waals surface area contributed by atoms with Crippen LogP contribution in [0.4, 0.5) is 10.5 Å². The molecule has 2 aliphatic heterocycles. The molecule has 2 aromatic rings. The fourth-order valence-corrected chi connectivity index (χ4v) is 8.19. The average Bonchev–Trinajstić information content (AvgIpc) is 3.72. The van der Waals surface area contributed by atoms with E-state index in [1.165, 1.54) is 0 Å². The van der Waals surface area contributed by atoms with Crippen LogP contribution in [-0.4, -0.2) is 105 Å². The summed E-state index contributed by atoms with van der Waals surface area (Å²) in [5.74, 6) is 6.47. The lowest BCUT2D eigenvalue weighted by Gasteiger charge is -2.26. The summed E-state index contributed by atoms with van der Waals surface area (Å²) in [5, 5.41) is 25.3. The zero-order valence-corrected chi connectivity index (χ0v) is 33.0. The highest BCUT2D eigenvalue weighted by Crippen LogP contribution is 2.33. The topological polar surface area (TPSA) is 151 Å². The van der Waals surface area contributed by atoms with Crippen LogP contribution in [0.5, 0.6) is 0 Å². The van der Waals surface area contributed by atoms with Gasteiger partial charge in [0.25, 0.3) is 0 Å². The van der Waals surface area contributed by atoms with Crippen molar-refractivity contribution in [2.24, 2.45) is 0 Å². The molecule has 0 radical (unpaired) electrons. The first-order valence-electron chi connectivity index (χ1n) is 18.8. The van der Waals surface area contributed by atoms with Gasteiger partial charge in [-0.15, -0.1) is 19.6 Å². The summed E-state index contributed by atoms with van der Waals surface area (Å²) in [6.45, 7) is 18.8. The Kier molecular flexibility index (Phi) is 17.8. The number of nitrogens with zero attached hydrogens (tertiary/aromatic N) is 3. The third kappa shape index (κ3) is 14.1. The quantitative estimate of drug-likeness (QED) is 0.0353. The smallest absolute Gasteiger partial charge is 0.326 e.